The molecule has 186 valence electrons. The monoisotopic (exact) mass is 464 g/mol. The Labute approximate surface area is 205 Å². The SMILES string of the molecule is CC12CCNCC1C[C@H](O)[C@@H]1C2CC[C@]2(C)C(CCCC(=O)N3Cc4ccccc4C3)CCC12. The van der Waals surface area contributed by atoms with E-state index in [-0.39, 0.29) is 6.10 Å². The van der Waals surface area contributed by atoms with Gasteiger partial charge in [-0.05, 0) is 116 Å². The molecule has 3 aliphatic carbocycles. The summed E-state index contributed by atoms with van der Waals surface area (Å²) in [7, 11) is 0. The lowest BCUT2D eigenvalue weighted by atomic mass is 9.45. The second-order valence-corrected chi connectivity index (χ2v) is 13.0. The van der Waals surface area contributed by atoms with Gasteiger partial charge in [0.15, 0.2) is 0 Å². The molecule has 0 bridgehead atoms. The molecule has 6 rings (SSSR count). The molecule has 2 heterocycles. The molecule has 0 radical (unpaired) electrons. The van der Waals surface area contributed by atoms with Crippen LogP contribution in [0.25, 0.3) is 0 Å². The molecule has 1 aromatic carbocycles. The molecule has 1 amide bonds. The van der Waals surface area contributed by atoms with Crippen molar-refractivity contribution in [1.82, 2.24) is 10.2 Å². The summed E-state index contributed by atoms with van der Waals surface area (Å²) in [5.41, 5.74) is 3.39. The lowest BCUT2D eigenvalue weighted by Gasteiger charge is -2.62. The van der Waals surface area contributed by atoms with Crippen molar-refractivity contribution >= 4 is 5.91 Å². The third-order valence-electron chi connectivity index (χ3n) is 11.6. The molecule has 0 aromatic heterocycles. The van der Waals surface area contributed by atoms with E-state index < -0.39 is 0 Å². The highest BCUT2D eigenvalue weighted by Gasteiger charge is 2.61. The summed E-state index contributed by atoms with van der Waals surface area (Å²) in [6.07, 6.45) is 10.2. The summed E-state index contributed by atoms with van der Waals surface area (Å²) in [5, 5.41) is 15.0. The normalized spacial score (nSPS) is 43.1. The summed E-state index contributed by atoms with van der Waals surface area (Å²) >= 11 is 0. The Morgan fingerprint density at radius 3 is 2.56 bits per heavy atom. The molecule has 8 atom stereocenters. The molecule has 0 spiro atoms. The number of nitrogens with one attached hydrogen (secondary N) is 1. The number of hydrogen-bond donors (Lipinski definition) is 2. The number of piperidine rings is 1. The van der Waals surface area contributed by atoms with E-state index in [1.807, 2.05) is 4.90 Å². The third kappa shape index (κ3) is 3.58. The van der Waals surface area contributed by atoms with Gasteiger partial charge in [0.05, 0.1) is 6.10 Å². The number of aliphatic hydroxyl groups is 1. The molecule has 1 saturated heterocycles. The van der Waals surface area contributed by atoms with E-state index in [9.17, 15) is 9.90 Å². The van der Waals surface area contributed by atoms with E-state index in [1.165, 1.54) is 49.7 Å². The molecule has 2 N–H and O–H groups in total. The van der Waals surface area contributed by atoms with Crippen LogP contribution in [0.5, 0.6) is 0 Å². The highest BCUT2D eigenvalue weighted by molar-refractivity contribution is 5.76. The maximum Gasteiger partial charge on any atom is 0.223 e. The number of nitrogens with zero attached hydrogens (tertiary/aromatic N) is 1. The Balaban J connectivity index is 1.08. The Morgan fingerprint density at radius 2 is 1.79 bits per heavy atom. The second kappa shape index (κ2) is 8.62. The standard InChI is InChI=1S/C30H44N2O2/c1-29-13-12-25-28(26(33)16-23-17-31-15-14-30(23,25)2)24(29)11-10-22(29)8-5-9-27(34)32-18-20-6-3-4-7-21(20)19-32/h3-4,6-7,22-26,28,31,33H,5,8-19H2,1-2H3/t22?,23?,24?,25?,26-,28-,29+,30?/m0/s1. The van der Waals surface area contributed by atoms with Gasteiger partial charge in [-0.1, -0.05) is 38.1 Å². The summed E-state index contributed by atoms with van der Waals surface area (Å²) in [6.45, 7) is 8.92. The minimum atomic E-state index is -0.121. The van der Waals surface area contributed by atoms with Crippen LogP contribution in [-0.2, 0) is 17.9 Å². The Hall–Kier alpha value is -1.39. The first-order valence-electron chi connectivity index (χ1n) is 14.1. The average molecular weight is 465 g/mol. The van der Waals surface area contributed by atoms with Crippen LogP contribution in [0.1, 0.15) is 82.8 Å². The zero-order valence-corrected chi connectivity index (χ0v) is 21.3. The van der Waals surface area contributed by atoms with Crippen LogP contribution in [0.4, 0.5) is 0 Å². The Morgan fingerprint density at radius 1 is 1.06 bits per heavy atom. The number of fused-ring (bicyclic) bond motifs is 6. The molecular formula is C30H44N2O2. The van der Waals surface area contributed by atoms with Crippen LogP contribution in [0.2, 0.25) is 0 Å². The maximum absolute atomic E-state index is 12.9. The molecule has 5 unspecified atom stereocenters. The quantitative estimate of drug-likeness (QED) is 0.649. The zero-order valence-electron chi connectivity index (χ0n) is 21.3. The van der Waals surface area contributed by atoms with E-state index in [1.54, 1.807) is 0 Å². The van der Waals surface area contributed by atoms with Gasteiger partial charge in [0.1, 0.15) is 0 Å². The van der Waals surface area contributed by atoms with E-state index in [4.69, 9.17) is 0 Å². The summed E-state index contributed by atoms with van der Waals surface area (Å²) < 4.78 is 0. The fourth-order valence-corrected chi connectivity index (χ4v) is 9.61. The number of rotatable bonds is 4. The van der Waals surface area contributed by atoms with E-state index >= 15 is 0 Å². The first-order chi connectivity index (χ1) is 16.4. The molecular weight excluding hydrogens is 420 g/mol. The number of carbonyl (C=O) groups excluding carboxylic acids is 1. The highest BCUT2D eigenvalue weighted by atomic mass is 16.3. The fourth-order valence-electron chi connectivity index (χ4n) is 9.61. The van der Waals surface area contributed by atoms with Crippen molar-refractivity contribution in [2.75, 3.05) is 13.1 Å². The summed E-state index contributed by atoms with van der Waals surface area (Å²) in [6, 6.07) is 8.47. The van der Waals surface area contributed by atoms with Crippen molar-refractivity contribution in [1.29, 1.82) is 0 Å². The van der Waals surface area contributed by atoms with Gasteiger partial charge in [0, 0.05) is 19.5 Å². The van der Waals surface area contributed by atoms with Crippen molar-refractivity contribution in [3.05, 3.63) is 35.4 Å². The highest BCUT2D eigenvalue weighted by Crippen LogP contribution is 2.66. The Kier molecular flexibility index (Phi) is 5.84. The van der Waals surface area contributed by atoms with Crippen LogP contribution in [0, 0.1) is 40.4 Å². The first-order valence-corrected chi connectivity index (χ1v) is 14.1. The van der Waals surface area contributed by atoms with Gasteiger partial charge >= 0.3 is 0 Å². The number of hydrogen-bond acceptors (Lipinski definition) is 3. The average Bonchev–Trinajstić information content (AvgIpc) is 3.41. The first kappa shape index (κ1) is 23.0. The van der Waals surface area contributed by atoms with Gasteiger partial charge in [0.2, 0.25) is 5.91 Å². The van der Waals surface area contributed by atoms with E-state index in [2.05, 4.69) is 43.4 Å². The second-order valence-electron chi connectivity index (χ2n) is 13.0. The van der Waals surface area contributed by atoms with E-state index in [0.717, 1.165) is 39.0 Å². The van der Waals surface area contributed by atoms with Crippen LogP contribution in [0.15, 0.2) is 24.3 Å². The van der Waals surface area contributed by atoms with Crippen molar-refractivity contribution in [2.24, 2.45) is 40.4 Å². The molecule has 2 aliphatic heterocycles. The van der Waals surface area contributed by atoms with Gasteiger partial charge in [-0.25, -0.2) is 0 Å². The van der Waals surface area contributed by atoms with Gasteiger partial charge in [-0.3, -0.25) is 4.79 Å². The molecule has 1 aromatic rings. The number of aliphatic hydroxyl groups excluding tert-OH is 1. The maximum atomic E-state index is 12.9. The molecule has 3 saturated carbocycles. The summed E-state index contributed by atoms with van der Waals surface area (Å²) in [5.74, 6) is 3.54. The van der Waals surface area contributed by atoms with Crippen LogP contribution >= 0.6 is 0 Å². The van der Waals surface area contributed by atoms with Crippen molar-refractivity contribution in [3.8, 4) is 0 Å². The minimum absolute atomic E-state index is 0.121. The van der Waals surface area contributed by atoms with E-state index in [0.29, 0.717) is 52.7 Å². The van der Waals surface area contributed by atoms with Crippen LogP contribution in [-0.4, -0.2) is 35.1 Å². The number of benzene rings is 1. The lowest BCUT2D eigenvalue weighted by Crippen LogP contribution is -2.60. The fraction of sp³-hybridized carbons (Fsp3) is 0.767. The van der Waals surface area contributed by atoms with Gasteiger partial charge < -0.3 is 15.3 Å². The van der Waals surface area contributed by atoms with Gasteiger partial charge in [0.25, 0.3) is 0 Å². The van der Waals surface area contributed by atoms with Crippen molar-refractivity contribution in [2.45, 2.75) is 90.8 Å². The molecule has 4 nitrogen and oxygen atoms in total. The van der Waals surface area contributed by atoms with Gasteiger partial charge in [-0.2, -0.15) is 0 Å². The lowest BCUT2D eigenvalue weighted by molar-refractivity contribution is -0.159. The largest absolute Gasteiger partial charge is 0.393 e. The molecule has 4 fully saturated rings. The zero-order chi connectivity index (χ0) is 23.5. The minimum Gasteiger partial charge on any atom is -0.393 e. The molecule has 34 heavy (non-hydrogen) atoms. The smallest absolute Gasteiger partial charge is 0.223 e. The van der Waals surface area contributed by atoms with Crippen molar-refractivity contribution < 1.29 is 9.90 Å². The Bertz CT molecular complexity index is 907. The van der Waals surface area contributed by atoms with Crippen LogP contribution < -0.4 is 5.32 Å². The van der Waals surface area contributed by atoms with Gasteiger partial charge in [-0.15, -0.1) is 0 Å². The number of carbonyl (C=O) groups is 1. The van der Waals surface area contributed by atoms with Crippen molar-refractivity contribution in [3.63, 3.8) is 0 Å². The number of amides is 1. The summed E-state index contributed by atoms with van der Waals surface area (Å²) in [4.78, 5) is 15.0. The molecule has 5 aliphatic rings. The third-order valence-corrected chi connectivity index (χ3v) is 11.6. The topological polar surface area (TPSA) is 52.6 Å². The molecule has 4 heteroatoms. The van der Waals surface area contributed by atoms with Crippen LogP contribution in [0.3, 0.4) is 0 Å². The predicted octanol–water partition coefficient (Wildman–Crippen LogP) is 5.14. The predicted molar refractivity (Wildman–Crippen MR) is 135 cm³/mol.